The molecule has 9 heteroatoms. The minimum Gasteiger partial charge on any atom is -0.494 e. The van der Waals surface area contributed by atoms with Crippen molar-refractivity contribution in [2.75, 3.05) is 12.4 Å². The minimum atomic E-state index is -1.06. The fourth-order valence-electron chi connectivity index (χ4n) is 6.54. The number of non-ortho nitro benzene ring substituents is 1. The Balaban J connectivity index is 1.33. The number of rotatable bonds is 7. The van der Waals surface area contributed by atoms with E-state index in [2.05, 4.69) is 17.5 Å². The van der Waals surface area contributed by atoms with Crippen LogP contribution in [0.5, 0.6) is 5.75 Å². The van der Waals surface area contributed by atoms with Crippen LogP contribution in [0.3, 0.4) is 0 Å². The Hall–Kier alpha value is -4.01. The van der Waals surface area contributed by atoms with E-state index in [9.17, 15) is 24.5 Å². The number of ether oxygens (including phenoxy) is 1. The fourth-order valence-corrected chi connectivity index (χ4v) is 6.54. The monoisotopic (exact) mass is 487 g/mol. The molecule has 3 fully saturated rings. The summed E-state index contributed by atoms with van der Waals surface area (Å²) in [7, 11) is 1.35. The van der Waals surface area contributed by atoms with Crippen LogP contribution in [-0.2, 0) is 20.8 Å². The lowest BCUT2D eigenvalue weighted by Crippen LogP contribution is -2.49. The van der Waals surface area contributed by atoms with Gasteiger partial charge in [-0.2, -0.15) is 0 Å². The Bertz CT molecular complexity index is 1270. The second-order valence-electron chi connectivity index (χ2n) is 10.0. The van der Waals surface area contributed by atoms with E-state index in [0.29, 0.717) is 11.8 Å². The van der Waals surface area contributed by atoms with Crippen LogP contribution in [-0.4, -0.2) is 40.7 Å². The Morgan fingerprint density at radius 3 is 2.31 bits per heavy atom. The molecule has 4 aliphatic carbocycles. The summed E-state index contributed by atoms with van der Waals surface area (Å²) in [5, 5.41) is 13.9. The van der Waals surface area contributed by atoms with Gasteiger partial charge in [0.25, 0.3) is 5.69 Å². The topological polar surface area (TPSA) is 119 Å². The number of hydrogen-bond acceptors (Lipinski definition) is 6. The Kier molecular flexibility index (Phi) is 5.17. The molecule has 2 aromatic rings. The highest BCUT2D eigenvalue weighted by molar-refractivity contribution is 6.11. The van der Waals surface area contributed by atoms with Crippen molar-refractivity contribution in [3.05, 3.63) is 76.4 Å². The highest BCUT2D eigenvalue weighted by Crippen LogP contribution is 2.65. The van der Waals surface area contributed by atoms with Crippen molar-refractivity contribution >= 4 is 29.1 Å². The molecule has 1 N–H and O–H groups in total. The van der Waals surface area contributed by atoms with Gasteiger partial charge in [-0.05, 0) is 41.7 Å². The first-order chi connectivity index (χ1) is 17.4. The van der Waals surface area contributed by atoms with Crippen molar-refractivity contribution in [3.63, 3.8) is 0 Å². The maximum atomic E-state index is 13.7. The van der Waals surface area contributed by atoms with Crippen molar-refractivity contribution in [2.45, 2.75) is 18.9 Å². The Labute approximate surface area is 207 Å². The van der Waals surface area contributed by atoms with Crippen LogP contribution in [0.1, 0.15) is 12.0 Å². The molecular weight excluding hydrogens is 462 g/mol. The molecule has 3 amide bonds. The van der Waals surface area contributed by atoms with Crippen LogP contribution in [0, 0.1) is 45.6 Å². The highest BCUT2D eigenvalue weighted by atomic mass is 16.6. The van der Waals surface area contributed by atoms with Crippen molar-refractivity contribution in [2.24, 2.45) is 35.5 Å². The van der Waals surface area contributed by atoms with Gasteiger partial charge in [0.1, 0.15) is 11.8 Å². The summed E-state index contributed by atoms with van der Waals surface area (Å²) < 4.78 is 5.26. The van der Waals surface area contributed by atoms with E-state index in [4.69, 9.17) is 4.74 Å². The molecule has 1 heterocycles. The van der Waals surface area contributed by atoms with E-state index in [1.165, 1.54) is 30.2 Å². The number of nitro groups is 1. The molecule has 0 unspecified atom stereocenters. The number of benzene rings is 2. The summed E-state index contributed by atoms with van der Waals surface area (Å²) in [5.41, 5.74) is 0.861. The maximum Gasteiger partial charge on any atom is 0.273 e. The number of nitro benzene ring substituents is 1. The zero-order valence-corrected chi connectivity index (χ0v) is 19.6. The summed E-state index contributed by atoms with van der Waals surface area (Å²) in [6, 6.07) is 12.1. The third kappa shape index (κ3) is 3.41. The molecule has 9 nitrogen and oxygen atoms in total. The number of amides is 3. The molecule has 1 aliphatic heterocycles. The number of hydrogen-bond donors (Lipinski definition) is 1. The van der Waals surface area contributed by atoms with E-state index < -0.39 is 28.7 Å². The Morgan fingerprint density at radius 2 is 1.72 bits per heavy atom. The minimum absolute atomic E-state index is 0.0571. The smallest absolute Gasteiger partial charge is 0.273 e. The fraction of sp³-hybridized carbons (Fsp3) is 0.370. The summed E-state index contributed by atoms with van der Waals surface area (Å²) in [4.78, 5) is 52.9. The van der Waals surface area contributed by atoms with Crippen LogP contribution < -0.4 is 10.1 Å². The van der Waals surface area contributed by atoms with Gasteiger partial charge in [0.15, 0.2) is 0 Å². The quantitative estimate of drug-likeness (QED) is 0.277. The van der Waals surface area contributed by atoms with E-state index in [-0.39, 0.29) is 47.2 Å². The van der Waals surface area contributed by atoms with E-state index in [1.807, 2.05) is 30.3 Å². The largest absolute Gasteiger partial charge is 0.494 e. The van der Waals surface area contributed by atoms with Crippen molar-refractivity contribution in [1.29, 1.82) is 0 Å². The zero-order valence-electron chi connectivity index (χ0n) is 19.6. The van der Waals surface area contributed by atoms with Gasteiger partial charge in [-0.15, -0.1) is 0 Å². The summed E-state index contributed by atoms with van der Waals surface area (Å²) >= 11 is 0. The predicted molar refractivity (Wildman–Crippen MR) is 129 cm³/mol. The van der Waals surface area contributed by atoms with E-state index >= 15 is 0 Å². The number of anilines is 1. The lowest BCUT2D eigenvalue weighted by Gasteiger charge is -2.37. The first-order valence-electron chi connectivity index (χ1n) is 12.1. The van der Waals surface area contributed by atoms with Gasteiger partial charge < -0.3 is 10.1 Å². The van der Waals surface area contributed by atoms with Gasteiger partial charge in [-0.3, -0.25) is 29.4 Å². The first-order valence-corrected chi connectivity index (χ1v) is 12.1. The van der Waals surface area contributed by atoms with E-state index in [0.717, 1.165) is 12.0 Å². The summed E-state index contributed by atoms with van der Waals surface area (Å²) in [6.45, 7) is 0. The highest BCUT2D eigenvalue weighted by Gasteiger charge is 2.67. The molecule has 0 radical (unpaired) electrons. The molecule has 0 aromatic heterocycles. The molecule has 2 saturated carbocycles. The van der Waals surface area contributed by atoms with E-state index in [1.54, 1.807) is 0 Å². The number of nitrogens with zero attached hydrogens (tertiary/aromatic N) is 2. The molecule has 0 spiro atoms. The van der Waals surface area contributed by atoms with Crippen LogP contribution in [0.4, 0.5) is 11.4 Å². The lowest BCUT2D eigenvalue weighted by atomic mass is 9.63. The standard InChI is InChI=1S/C27H25N3O6/c1-36-22-12-15(30(34)35)7-10-20(22)28-25(31)21(11-14-5-3-2-4-6-14)29-26(32)23-16-8-9-17(19-13-18(16)19)24(23)27(29)33/h2-10,12,16-19,21,23-24H,11,13H2,1H3,(H,28,31)/t16-,17-,18-,19+,21-,23+,24+/m1/s1. The van der Waals surface area contributed by atoms with Crippen LogP contribution in [0.2, 0.25) is 0 Å². The zero-order chi connectivity index (χ0) is 25.1. The normalized spacial score (nSPS) is 30.0. The molecule has 1 saturated heterocycles. The van der Waals surface area contributed by atoms with Gasteiger partial charge in [0.05, 0.1) is 35.6 Å². The van der Waals surface area contributed by atoms with Crippen LogP contribution in [0.25, 0.3) is 0 Å². The van der Waals surface area contributed by atoms with Crippen LogP contribution >= 0.6 is 0 Å². The number of nitrogens with one attached hydrogen (secondary N) is 1. The predicted octanol–water partition coefficient (Wildman–Crippen LogP) is 3.21. The molecule has 184 valence electrons. The molecule has 5 aliphatic rings. The Morgan fingerprint density at radius 1 is 1.08 bits per heavy atom. The van der Waals surface area contributed by atoms with Gasteiger partial charge in [-0.1, -0.05) is 42.5 Å². The number of allylic oxidation sites excluding steroid dienone is 2. The molecular formula is C27H25N3O6. The number of carbonyl (C=O) groups is 3. The number of imide groups is 1. The number of methoxy groups -OCH3 is 1. The molecule has 2 bridgehead atoms. The van der Waals surface area contributed by atoms with Gasteiger partial charge >= 0.3 is 0 Å². The average molecular weight is 488 g/mol. The molecule has 2 aromatic carbocycles. The van der Waals surface area contributed by atoms with Crippen molar-refractivity contribution < 1.29 is 24.0 Å². The second kappa shape index (κ2) is 8.29. The van der Waals surface area contributed by atoms with Crippen molar-refractivity contribution in [1.82, 2.24) is 4.90 Å². The molecule has 7 atom stereocenters. The number of carbonyl (C=O) groups excluding carboxylic acids is 3. The third-order valence-electron chi connectivity index (χ3n) is 8.24. The average Bonchev–Trinajstić information content (AvgIpc) is 3.67. The summed E-state index contributed by atoms with van der Waals surface area (Å²) in [6.07, 6.45) is 5.42. The van der Waals surface area contributed by atoms with Crippen LogP contribution in [0.15, 0.2) is 60.7 Å². The SMILES string of the molecule is COc1cc([N+](=O)[O-])ccc1NC(=O)[C@@H](Cc1ccccc1)N1C(=O)[C@H]2[C@@H]3C=C[C@H]([C@@H]4C[C@H]34)[C@@H]2C1=O. The summed E-state index contributed by atoms with van der Waals surface area (Å²) in [5.74, 6) is -0.756. The third-order valence-corrected chi connectivity index (χ3v) is 8.24. The molecule has 7 rings (SSSR count). The van der Waals surface area contributed by atoms with Gasteiger partial charge in [0.2, 0.25) is 17.7 Å². The van der Waals surface area contributed by atoms with Gasteiger partial charge in [-0.25, -0.2) is 0 Å². The second-order valence-corrected chi connectivity index (χ2v) is 10.0. The first kappa shape index (κ1) is 22.5. The number of likely N-dealkylation sites (tertiary alicyclic amines) is 1. The molecule has 36 heavy (non-hydrogen) atoms. The van der Waals surface area contributed by atoms with Crippen molar-refractivity contribution in [3.8, 4) is 5.75 Å². The maximum absolute atomic E-state index is 13.7. The van der Waals surface area contributed by atoms with Gasteiger partial charge in [0, 0.05) is 12.5 Å². The lowest BCUT2D eigenvalue weighted by molar-refractivity contribution is -0.384.